The van der Waals surface area contributed by atoms with Crippen LogP contribution in [0.5, 0.6) is 0 Å². The van der Waals surface area contributed by atoms with Crippen LogP contribution in [0.3, 0.4) is 0 Å². The average Bonchev–Trinajstić information content (AvgIpc) is 2.89. The summed E-state index contributed by atoms with van der Waals surface area (Å²) in [6.45, 7) is 24.9. The molecule has 0 heterocycles. The molecule has 2 aromatic rings. The summed E-state index contributed by atoms with van der Waals surface area (Å²) in [6, 6.07) is 19.6. The highest BCUT2D eigenvalue weighted by Gasteiger charge is 2.53. The van der Waals surface area contributed by atoms with Crippen molar-refractivity contribution in [3.05, 3.63) is 72.8 Å². The van der Waals surface area contributed by atoms with Gasteiger partial charge in [0.1, 0.15) is 11.7 Å². The molecule has 1 N–H and O–H groups in total. The average molecular weight is 626 g/mol. The fourth-order valence-corrected chi connectivity index (χ4v) is 10.4. The fraction of sp³-hybridized carbons (Fsp3) is 0.543. The summed E-state index contributed by atoms with van der Waals surface area (Å²) < 4.78 is 19.7. The first-order valence-electron chi connectivity index (χ1n) is 15.4. The molecular weight excluding hydrogens is 571 g/mol. The molecule has 2 atom stereocenters. The molecule has 0 fully saturated rings. The highest BCUT2D eigenvalue weighted by molar-refractivity contribution is 6.99. The monoisotopic (exact) mass is 625 g/mol. The summed E-state index contributed by atoms with van der Waals surface area (Å²) in [4.78, 5) is 27.5. The van der Waals surface area contributed by atoms with E-state index in [9.17, 15) is 9.59 Å². The van der Waals surface area contributed by atoms with Gasteiger partial charge in [0.15, 0.2) is 14.1 Å². The van der Waals surface area contributed by atoms with Gasteiger partial charge in [-0.3, -0.25) is 4.79 Å². The largest absolute Gasteiger partial charge is 0.444 e. The lowest BCUT2D eigenvalue weighted by atomic mass is 10.1. The van der Waals surface area contributed by atoms with Crippen molar-refractivity contribution in [3.63, 3.8) is 0 Å². The Morgan fingerprint density at radius 3 is 1.70 bits per heavy atom. The maximum Gasteiger partial charge on any atom is 0.408 e. The zero-order valence-electron chi connectivity index (χ0n) is 28.5. The zero-order valence-corrected chi connectivity index (χ0v) is 30.5. The van der Waals surface area contributed by atoms with Crippen LogP contribution >= 0.6 is 0 Å². The summed E-state index contributed by atoms with van der Waals surface area (Å²) in [5.41, 5.74) is -0.713. The van der Waals surface area contributed by atoms with Gasteiger partial charge < -0.3 is 18.9 Å². The molecule has 0 aromatic heterocycles. The molecule has 43 heavy (non-hydrogen) atoms. The van der Waals surface area contributed by atoms with E-state index in [1.807, 2.05) is 70.2 Å². The summed E-state index contributed by atoms with van der Waals surface area (Å²) in [7, 11) is -5.44. The minimum absolute atomic E-state index is 0.0655. The maximum absolute atomic E-state index is 14.2. The first-order chi connectivity index (χ1) is 19.7. The fourth-order valence-electron chi connectivity index (χ4n) is 4.73. The minimum Gasteiger partial charge on any atom is -0.444 e. The molecular formula is C35H55NO5Si2. The highest BCUT2D eigenvalue weighted by atomic mass is 28.4. The summed E-state index contributed by atoms with van der Waals surface area (Å²) in [5.74, 6) is -0.213. The van der Waals surface area contributed by atoms with Crippen molar-refractivity contribution in [2.24, 2.45) is 0 Å². The molecule has 0 aliphatic rings. The van der Waals surface area contributed by atoms with Crippen molar-refractivity contribution in [1.82, 2.24) is 5.32 Å². The van der Waals surface area contributed by atoms with Crippen molar-refractivity contribution in [3.8, 4) is 0 Å². The second-order valence-corrected chi connectivity index (χ2v) is 23.8. The Hall–Kier alpha value is -2.53. The standard InChI is InChI=1S/C35H55NO5Si2/c1-13-14-25-30(37)31(29(36-32(38)40-33(2,3)4)26-39-42(11,12)34(5,6)7)41-43(35(8,9)10,27-21-17-15-18-22-27)28-23-19-16-20-24-28/h14-25,29,31H,13,26H2,1-12H3,(H,36,38)/b25-14-/t29-,31-/m1/s1. The number of alkyl carbamates (subject to hydrolysis) is 1. The van der Waals surface area contributed by atoms with Gasteiger partial charge in [0.25, 0.3) is 8.32 Å². The lowest BCUT2D eigenvalue weighted by Crippen LogP contribution is -2.70. The van der Waals surface area contributed by atoms with Gasteiger partial charge in [0.2, 0.25) is 0 Å². The number of hydrogen-bond donors (Lipinski definition) is 1. The third-order valence-electron chi connectivity index (χ3n) is 8.02. The molecule has 0 unspecified atom stereocenters. The Morgan fingerprint density at radius 1 is 0.814 bits per heavy atom. The third kappa shape index (κ3) is 9.73. The van der Waals surface area contributed by atoms with Crippen molar-refractivity contribution in [2.75, 3.05) is 6.61 Å². The van der Waals surface area contributed by atoms with Crippen LogP contribution < -0.4 is 15.7 Å². The van der Waals surface area contributed by atoms with E-state index in [-0.39, 0.29) is 22.5 Å². The van der Waals surface area contributed by atoms with Crippen LogP contribution in [-0.4, -0.2) is 52.9 Å². The van der Waals surface area contributed by atoms with Crippen molar-refractivity contribution in [2.45, 2.75) is 117 Å². The number of carbonyl (C=O) groups is 2. The van der Waals surface area contributed by atoms with E-state index in [0.717, 1.165) is 10.4 Å². The molecule has 0 aliphatic carbocycles. The molecule has 0 radical (unpaired) electrons. The van der Waals surface area contributed by atoms with Crippen molar-refractivity contribution < 1.29 is 23.2 Å². The molecule has 2 aromatic carbocycles. The number of rotatable bonds is 12. The SMILES string of the molecule is CC/C=C\C(=O)[C@H](O[Si](c1ccccc1)(c1ccccc1)C(C)(C)C)[C@@H](CO[Si](C)(C)C(C)(C)C)NC(=O)OC(C)(C)C. The number of allylic oxidation sites excluding steroid dienone is 1. The van der Waals surface area contributed by atoms with E-state index in [4.69, 9.17) is 13.6 Å². The summed E-state index contributed by atoms with van der Waals surface area (Å²) in [6.07, 6.45) is 2.48. The van der Waals surface area contributed by atoms with Crippen LogP contribution in [-0.2, 0) is 18.4 Å². The molecule has 1 amide bonds. The first-order valence-corrected chi connectivity index (χ1v) is 20.2. The molecule has 6 nitrogen and oxygen atoms in total. The number of hydrogen-bond acceptors (Lipinski definition) is 5. The predicted molar refractivity (Wildman–Crippen MR) is 183 cm³/mol. The number of carbonyl (C=O) groups excluding carboxylic acids is 2. The normalized spacial score (nSPS) is 14.8. The smallest absolute Gasteiger partial charge is 0.408 e. The Morgan fingerprint density at radius 2 is 1.30 bits per heavy atom. The Kier molecular flexibility index (Phi) is 12.4. The van der Waals surface area contributed by atoms with Crippen LogP contribution in [0.25, 0.3) is 0 Å². The summed E-state index contributed by atoms with van der Waals surface area (Å²) >= 11 is 0. The number of amides is 1. The molecule has 238 valence electrons. The van der Waals surface area contributed by atoms with Crippen LogP contribution in [0, 0.1) is 0 Å². The molecule has 0 saturated carbocycles. The van der Waals surface area contributed by atoms with Gasteiger partial charge in [-0.2, -0.15) is 0 Å². The van der Waals surface area contributed by atoms with E-state index >= 15 is 0 Å². The van der Waals surface area contributed by atoms with Gasteiger partial charge in [-0.1, -0.05) is 115 Å². The number of ketones is 1. The number of nitrogens with one attached hydrogen (secondary N) is 1. The van der Waals surface area contributed by atoms with Crippen LogP contribution in [0.4, 0.5) is 4.79 Å². The molecule has 0 bridgehead atoms. The van der Waals surface area contributed by atoms with E-state index < -0.39 is 40.5 Å². The second-order valence-electron chi connectivity index (χ2n) is 14.7. The van der Waals surface area contributed by atoms with Gasteiger partial charge >= 0.3 is 6.09 Å². The lowest BCUT2D eigenvalue weighted by Gasteiger charge is -2.46. The topological polar surface area (TPSA) is 73.9 Å². The maximum atomic E-state index is 14.2. The van der Waals surface area contributed by atoms with Gasteiger partial charge in [-0.25, -0.2) is 4.79 Å². The lowest BCUT2D eigenvalue weighted by molar-refractivity contribution is -0.123. The number of ether oxygens (including phenoxy) is 1. The van der Waals surface area contributed by atoms with E-state index in [0.29, 0.717) is 6.42 Å². The van der Waals surface area contributed by atoms with E-state index in [1.165, 1.54) is 0 Å². The van der Waals surface area contributed by atoms with Gasteiger partial charge in [0.05, 0.1) is 12.6 Å². The van der Waals surface area contributed by atoms with Gasteiger partial charge in [-0.05, 0) is 66.8 Å². The van der Waals surface area contributed by atoms with E-state index in [1.54, 1.807) is 6.08 Å². The van der Waals surface area contributed by atoms with Crippen molar-refractivity contribution >= 4 is 38.9 Å². The Labute approximate surface area is 262 Å². The molecule has 0 spiro atoms. The van der Waals surface area contributed by atoms with Crippen LogP contribution in [0.2, 0.25) is 23.2 Å². The Bertz CT molecular complexity index is 1170. The van der Waals surface area contributed by atoms with Gasteiger partial charge in [-0.15, -0.1) is 0 Å². The third-order valence-corrected chi connectivity index (χ3v) is 17.5. The second kappa shape index (κ2) is 14.5. The Balaban J connectivity index is 2.81. The zero-order chi connectivity index (χ0) is 32.7. The quantitative estimate of drug-likeness (QED) is 0.197. The molecule has 0 saturated heterocycles. The highest BCUT2D eigenvalue weighted by Crippen LogP contribution is 2.39. The summed E-state index contributed by atoms with van der Waals surface area (Å²) in [5, 5.41) is 4.67. The van der Waals surface area contributed by atoms with Crippen LogP contribution in [0.1, 0.15) is 75.7 Å². The van der Waals surface area contributed by atoms with Crippen LogP contribution in [0.15, 0.2) is 72.8 Å². The number of benzene rings is 2. The van der Waals surface area contributed by atoms with Crippen molar-refractivity contribution in [1.29, 1.82) is 0 Å². The molecule has 0 aliphatic heterocycles. The van der Waals surface area contributed by atoms with Gasteiger partial charge in [0, 0.05) is 0 Å². The predicted octanol–water partition coefficient (Wildman–Crippen LogP) is 7.38. The minimum atomic E-state index is -3.18. The molecule has 8 heteroatoms. The first kappa shape index (κ1) is 36.7. The van der Waals surface area contributed by atoms with E-state index in [2.05, 4.69) is 84.2 Å². The molecule has 2 rings (SSSR count).